The molecule has 0 spiro atoms. The minimum Gasteiger partial charge on any atom is -0.396 e. The summed E-state index contributed by atoms with van der Waals surface area (Å²) in [5.74, 6) is -1.06. The quantitative estimate of drug-likeness (QED) is 0.109. The highest BCUT2D eigenvalue weighted by Crippen LogP contribution is 2.32. The number of anilines is 1. The molecule has 0 radical (unpaired) electrons. The summed E-state index contributed by atoms with van der Waals surface area (Å²) in [6, 6.07) is 27.3. The van der Waals surface area contributed by atoms with Crippen LogP contribution >= 0.6 is 0 Å². The first-order valence-corrected chi connectivity index (χ1v) is 15.4. The number of pyridine rings is 1. The SMILES string of the molecule is O=C(N[C@H](C(=O)NCCCCCO)c1ccccc1)c1ccc2nc(NC(=O)c3ccccc3-c3ccc(C(F)(F)F)cc3)ccc2c1. The van der Waals surface area contributed by atoms with E-state index in [9.17, 15) is 27.6 Å². The van der Waals surface area contributed by atoms with Gasteiger partial charge in [0.1, 0.15) is 11.9 Å². The van der Waals surface area contributed by atoms with E-state index in [1.165, 1.54) is 12.1 Å². The van der Waals surface area contributed by atoms with Gasteiger partial charge in [-0.15, -0.1) is 0 Å². The maximum Gasteiger partial charge on any atom is 0.416 e. The summed E-state index contributed by atoms with van der Waals surface area (Å²) in [4.78, 5) is 44.2. The van der Waals surface area contributed by atoms with Gasteiger partial charge in [0.25, 0.3) is 11.8 Å². The third-order valence-corrected chi connectivity index (χ3v) is 7.69. The zero-order chi connectivity index (χ0) is 34.1. The summed E-state index contributed by atoms with van der Waals surface area (Å²) in [6.07, 6.45) is -2.34. The zero-order valence-electron chi connectivity index (χ0n) is 25.8. The van der Waals surface area contributed by atoms with Crippen molar-refractivity contribution < 1.29 is 32.7 Å². The Kier molecular flexibility index (Phi) is 10.8. The van der Waals surface area contributed by atoms with Crippen molar-refractivity contribution in [1.29, 1.82) is 0 Å². The van der Waals surface area contributed by atoms with Crippen molar-refractivity contribution in [3.8, 4) is 11.1 Å². The normalized spacial score (nSPS) is 11.9. The second kappa shape index (κ2) is 15.4. The van der Waals surface area contributed by atoms with Gasteiger partial charge in [0.05, 0.1) is 11.1 Å². The van der Waals surface area contributed by atoms with Crippen LogP contribution in [-0.4, -0.2) is 41.0 Å². The first kappa shape index (κ1) is 33.8. The van der Waals surface area contributed by atoms with E-state index in [4.69, 9.17) is 5.11 Å². The molecule has 5 rings (SSSR count). The summed E-state index contributed by atoms with van der Waals surface area (Å²) in [5, 5.41) is 18.0. The first-order chi connectivity index (χ1) is 23.1. The van der Waals surface area contributed by atoms with E-state index in [0.717, 1.165) is 18.6 Å². The predicted octanol–water partition coefficient (Wildman–Crippen LogP) is 6.92. The number of halogens is 3. The average Bonchev–Trinajstić information content (AvgIpc) is 3.10. The van der Waals surface area contributed by atoms with E-state index in [-0.39, 0.29) is 23.9 Å². The highest BCUT2D eigenvalue weighted by molar-refractivity contribution is 6.09. The number of alkyl halides is 3. The van der Waals surface area contributed by atoms with Gasteiger partial charge in [-0.3, -0.25) is 14.4 Å². The van der Waals surface area contributed by atoms with Crippen LogP contribution in [0, 0.1) is 0 Å². The minimum atomic E-state index is -4.47. The number of aliphatic hydroxyl groups excluding tert-OH is 1. The Hall–Kier alpha value is -5.55. The highest BCUT2D eigenvalue weighted by Gasteiger charge is 2.30. The molecule has 4 N–H and O–H groups in total. The van der Waals surface area contributed by atoms with Gasteiger partial charge in [-0.1, -0.05) is 60.7 Å². The fourth-order valence-electron chi connectivity index (χ4n) is 5.18. The van der Waals surface area contributed by atoms with Crippen LogP contribution in [0.3, 0.4) is 0 Å². The van der Waals surface area contributed by atoms with Crippen LogP contribution in [0.1, 0.15) is 57.1 Å². The average molecular weight is 655 g/mol. The van der Waals surface area contributed by atoms with Crippen LogP contribution in [0.4, 0.5) is 19.0 Å². The Bertz CT molecular complexity index is 1900. The molecular weight excluding hydrogens is 621 g/mol. The van der Waals surface area contributed by atoms with E-state index >= 15 is 0 Å². The number of nitrogens with zero attached hydrogens (tertiary/aromatic N) is 1. The Labute approximate surface area is 275 Å². The highest BCUT2D eigenvalue weighted by atomic mass is 19.4. The Morgan fingerprint density at radius 2 is 1.50 bits per heavy atom. The summed E-state index contributed by atoms with van der Waals surface area (Å²) in [6.45, 7) is 0.510. The summed E-state index contributed by atoms with van der Waals surface area (Å²) in [7, 11) is 0. The lowest BCUT2D eigenvalue weighted by molar-refractivity contribution is -0.137. The van der Waals surface area contributed by atoms with Crippen molar-refractivity contribution in [3.05, 3.63) is 131 Å². The van der Waals surface area contributed by atoms with Crippen molar-refractivity contribution in [2.75, 3.05) is 18.5 Å². The number of benzene rings is 4. The second-order valence-electron chi connectivity index (χ2n) is 11.1. The Balaban J connectivity index is 1.29. The van der Waals surface area contributed by atoms with Crippen LogP contribution in [-0.2, 0) is 11.0 Å². The number of carbonyl (C=O) groups is 3. The van der Waals surface area contributed by atoms with Gasteiger partial charge in [0.2, 0.25) is 5.91 Å². The lowest BCUT2D eigenvalue weighted by Crippen LogP contribution is -2.40. The van der Waals surface area contributed by atoms with E-state index < -0.39 is 29.6 Å². The van der Waals surface area contributed by atoms with Gasteiger partial charge in [-0.2, -0.15) is 13.2 Å². The van der Waals surface area contributed by atoms with Crippen molar-refractivity contribution in [2.24, 2.45) is 0 Å². The second-order valence-corrected chi connectivity index (χ2v) is 11.1. The molecule has 4 aromatic carbocycles. The molecule has 0 aliphatic heterocycles. The van der Waals surface area contributed by atoms with E-state index in [1.54, 1.807) is 78.9 Å². The molecule has 0 bridgehead atoms. The Morgan fingerprint density at radius 1 is 0.771 bits per heavy atom. The van der Waals surface area contributed by atoms with Gasteiger partial charge in [0, 0.05) is 29.7 Å². The van der Waals surface area contributed by atoms with Gasteiger partial charge in [-0.05, 0) is 84.5 Å². The first-order valence-electron chi connectivity index (χ1n) is 15.4. The van der Waals surface area contributed by atoms with Crippen LogP contribution in [0.2, 0.25) is 0 Å². The number of aliphatic hydroxyl groups is 1. The van der Waals surface area contributed by atoms with E-state index in [2.05, 4.69) is 20.9 Å². The van der Waals surface area contributed by atoms with Crippen LogP contribution in [0.25, 0.3) is 22.0 Å². The number of fused-ring (bicyclic) bond motifs is 1. The number of rotatable bonds is 12. The third kappa shape index (κ3) is 8.42. The molecule has 0 aliphatic carbocycles. The van der Waals surface area contributed by atoms with Crippen molar-refractivity contribution >= 4 is 34.4 Å². The van der Waals surface area contributed by atoms with Gasteiger partial charge in [0.15, 0.2) is 0 Å². The molecule has 0 saturated carbocycles. The van der Waals surface area contributed by atoms with Crippen molar-refractivity contribution in [2.45, 2.75) is 31.5 Å². The molecular formula is C37H33F3N4O4. The maximum absolute atomic E-state index is 13.3. The predicted molar refractivity (Wildman–Crippen MR) is 177 cm³/mol. The molecule has 48 heavy (non-hydrogen) atoms. The maximum atomic E-state index is 13.3. The molecule has 0 fully saturated rings. The Morgan fingerprint density at radius 3 is 2.23 bits per heavy atom. The number of nitrogens with one attached hydrogen (secondary N) is 3. The van der Waals surface area contributed by atoms with Gasteiger partial charge >= 0.3 is 6.18 Å². The third-order valence-electron chi connectivity index (χ3n) is 7.69. The molecule has 1 aromatic heterocycles. The molecule has 1 atom stereocenters. The molecule has 0 aliphatic rings. The number of unbranched alkanes of at least 4 members (excludes halogenated alkanes) is 2. The number of aromatic nitrogens is 1. The lowest BCUT2D eigenvalue weighted by atomic mass is 9.98. The fourth-order valence-corrected chi connectivity index (χ4v) is 5.18. The zero-order valence-corrected chi connectivity index (χ0v) is 25.8. The topological polar surface area (TPSA) is 120 Å². The summed E-state index contributed by atoms with van der Waals surface area (Å²) >= 11 is 0. The standard InChI is InChI=1S/C37H33F3N4O4/c38-37(39,40)28-17-13-24(14-18-28)29-11-5-6-12-30(29)35(47)43-32-20-16-26-23-27(15-19-31(26)42-32)34(46)44-33(25-9-3-1-4-10-25)36(48)41-21-7-2-8-22-45/h1,3-6,9-20,23,33,45H,2,7-8,21-22H2,(H,41,48)(H,44,46)(H,42,43,47)/t33-/m0/s1. The van der Waals surface area contributed by atoms with Crippen molar-refractivity contribution in [1.82, 2.24) is 15.6 Å². The molecule has 0 unspecified atom stereocenters. The number of hydrogen-bond donors (Lipinski definition) is 4. The van der Waals surface area contributed by atoms with Crippen molar-refractivity contribution in [3.63, 3.8) is 0 Å². The molecule has 8 nitrogen and oxygen atoms in total. The van der Waals surface area contributed by atoms with E-state index in [0.29, 0.717) is 52.5 Å². The van der Waals surface area contributed by atoms with Crippen LogP contribution in [0.5, 0.6) is 0 Å². The van der Waals surface area contributed by atoms with Crippen LogP contribution in [0.15, 0.2) is 109 Å². The summed E-state index contributed by atoms with van der Waals surface area (Å²) < 4.78 is 39.1. The molecule has 11 heteroatoms. The van der Waals surface area contributed by atoms with Gasteiger partial charge in [-0.25, -0.2) is 4.98 Å². The molecule has 5 aromatic rings. The largest absolute Gasteiger partial charge is 0.416 e. The molecule has 3 amide bonds. The smallest absolute Gasteiger partial charge is 0.396 e. The number of carbonyl (C=O) groups excluding carboxylic acids is 3. The van der Waals surface area contributed by atoms with Gasteiger partial charge < -0.3 is 21.1 Å². The monoisotopic (exact) mass is 654 g/mol. The number of amides is 3. The number of hydrogen-bond acceptors (Lipinski definition) is 5. The molecule has 0 saturated heterocycles. The molecule has 1 heterocycles. The van der Waals surface area contributed by atoms with Crippen LogP contribution < -0.4 is 16.0 Å². The summed E-state index contributed by atoms with van der Waals surface area (Å²) in [5.41, 5.74) is 1.83. The molecule has 246 valence electrons. The van der Waals surface area contributed by atoms with E-state index in [1.807, 2.05) is 6.07 Å². The fraction of sp³-hybridized carbons (Fsp3) is 0.189. The minimum absolute atomic E-state index is 0.0943. The lowest BCUT2D eigenvalue weighted by Gasteiger charge is -2.19.